The van der Waals surface area contributed by atoms with Gasteiger partial charge in [-0.15, -0.1) is 5.10 Å². The lowest BCUT2D eigenvalue weighted by molar-refractivity contribution is 0.530. The molecule has 0 N–H and O–H groups in total. The van der Waals surface area contributed by atoms with E-state index in [9.17, 15) is 0 Å². The second kappa shape index (κ2) is 5.60. The van der Waals surface area contributed by atoms with Crippen LogP contribution in [-0.4, -0.2) is 20.0 Å². The first-order valence-corrected chi connectivity index (χ1v) is 8.00. The van der Waals surface area contributed by atoms with Gasteiger partial charge in [0.1, 0.15) is 5.52 Å². The molecule has 0 fully saturated rings. The van der Waals surface area contributed by atoms with Gasteiger partial charge in [0, 0.05) is 17.2 Å². The molecular weight excluding hydrogens is 300 g/mol. The first kappa shape index (κ1) is 14.6. The fourth-order valence-corrected chi connectivity index (χ4v) is 2.84. The van der Waals surface area contributed by atoms with Gasteiger partial charge in [0.2, 0.25) is 5.89 Å². The normalized spacial score (nSPS) is 11.5. The summed E-state index contributed by atoms with van der Waals surface area (Å²) in [5, 5.41) is 8.46. The first-order chi connectivity index (χ1) is 11.6. The van der Waals surface area contributed by atoms with Crippen LogP contribution in [0.4, 0.5) is 0 Å². The lowest BCUT2D eigenvalue weighted by atomic mass is 10.1. The summed E-state index contributed by atoms with van der Waals surface area (Å²) >= 11 is 0. The van der Waals surface area contributed by atoms with Crippen molar-refractivity contribution in [3.05, 3.63) is 54.2 Å². The molecule has 0 amide bonds. The van der Waals surface area contributed by atoms with E-state index in [4.69, 9.17) is 4.42 Å². The van der Waals surface area contributed by atoms with E-state index in [-0.39, 0.29) is 6.04 Å². The van der Waals surface area contributed by atoms with Crippen molar-refractivity contribution in [3.8, 4) is 22.8 Å². The molecule has 0 saturated heterocycles. The molecule has 0 aliphatic heterocycles. The van der Waals surface area contributed by atoms with Crippen LogP contribution in [-0.2, 0) is 0 Å². The SMILES string of the molecule is Cc1ccccc1-c1cnc(-c2ccc3c(c2)nnn3C(C)C)o1. The number of aryl methyl sites for hydroxylation is 1. The summed E-state index contributed by atoms with van der Waals surface area (Å²) in [6.45, 7) is 6.24. The third-order valence-corrected chi connectivity index (χ3v) is 4.12. The van der Waals surface area contributed by atoms with Gasteiger partial charge in [-0.05, 0) is 44.5 Å². The lowest BCUT2D eigenvalue weighted by Crippen LogP contribution is -2.02. The van der Waals surface area contributed by atoms with E-state index in [1.807, 2.05) is 41.1 Å². The number of benzene rings is 2. The van der Waals surface area contributed by atoms with Crippen molar-refractivity contribution < 1.29 is 4.42 Å². The van der Waals surface area contributed by atoms with Crippen LogP contribution in [0.3, 0.4) is 0 Å². The van der Waals surface area contributed by atoms with Gasteiger partial charge in [0.05, 0.1) is 11.7 Å². The summed E-state index contributed by atoms with van der Waals surface area (Å²) in [6, 6.07) is 14.4. The molecule has 0 bridgehead atoms. The molecule has 0 unspecified atom stereocenters. The number of nitrogens with zero attached hydrogens (tertiary/aromatic N) is 4. The quantitative estimate of drug-likeness (QED) is 0.552. The second-order valence-electron chi connectivity index (χ2n) is 6.18. The topological polar surface area (TPSA) is 56.7 Å². The molecular formula is C19H18N4O. The predicted molar refractivity (Wildman–Crippen MR) is 93.6 cm³/mol. The van der Waals surface area contributed by atoms with Crippen LogP contribution < -0.4 is 0 Å². The Morgan fingerprint density at radius 2 is 1.92 bits per heavy atom. The molecule has 0 radical (unpaired) electrons. The Morgan fingerprint density at radius 1 is 1.08 bits per heavy atom. The monoisotopic (exact) mass is 318 g/mol. The van der Waals surface area contributed by atoms with Crippen LogP contribution >= 0.6 is 0 Å². The third kappa shape index (κ3) is 2.38. The predicted octanol–water partition coefficient (Wildman–Crippen LogP) is 4.64. The van der Waals surface area contributed by atoms with Gasteiger partial charge >= 0.3 is 0 Å². The van der Waals surface area contributed by atoms with Crippen LogP contribution in [0.2, 0.25) is 0 Å². The summed E-state index contributed by atoms with van der Waals surface area (Å²) in [5.74, 6) is 1.36. The van der Waals surface area contributed by atoms with Crippen molar-refractivity contribution >= 4 is 11.0 Å². The Balaban J connectivity index is 1.75. The zero-order valence-electron chi connectivity index (χ0n) is 13.9. The standard InChI is InChI=1S/C19H18N4O/c1-12(2)23-17-9-8-14(10-16(17)21-22-23)19-20-11-18(24-19)15-7-5-4-6-13(15)3/h4-12H,1-3H3. The van der Waals surface area contributed by atoms with E-state index in [0.29, 0.717) is 5.89 Å². The molecule has 0 atom stereocenters. The van der Waals surface area contributed by atoms with E-state index in [1.54, 1.807) is 6.20 Å². The maximum Gasteiger partial charge on any atom is 0.226 e. The zero-order valence-corrected chi connectivity index (χ0v) is 13.9. The smallest absolute Gasteiger partial charge is 0.226 e. The van der Waals surface area contributed by atoms with Gasteiger partial charge < -0.3 is 4.42 Å². The highest BCUT2D eigenvalue weighted by Crippen LogP contribution is 2.29. The summed E-state index contributed by atoms with van der Waals surface area (Å²) in [4.78, 5) is 4.43. The Labute approximate surface area is 139 Å². The van der Waals surface area contributed by atoms with Gasteiger partial charge in [0.25, 0.3) is 0 Å². The minimum absolute atomic E-state index is 0.273. The van der Waals surface area contributed by atoms with Crippen molar-refractivity contribution in [2.24, 2.45) is 0 Å². The fraction of sp³-hybridized carbons (Fsp3) is 0.211. The van der Waals surface area contributed by atoms with Crippen LogP contribution in [0.25, 0.3) is 33.8 Å². The third-order valence-electron chi connectivity index (χ3n) is 4.12. The number of oxazole rings is 1. The van der Waals surface area contributed by atoms with E-state index in [0.717, 1.165) is 33.5 Å². The van der Waals surface area contributed by atoms with Crippen LogP contribution in [0.15, 0.2) is 53.1 Å². The highest BCUT2D eigenvalue weighted by molar-refractivity contribution is 5.80. The van der Waals surface area contributed by atoms with Crippen LogP contribution in [0, 0.1) is 6.92 Å². The first-order valence-electron chi connectivity index (χ1n) is 8.00. The molecule has 5 nitrogen and oxygen atoms in total. The Bertz CT molecular complexity index is 1010. The number of rotatable bonds is 3. The zero-order chi connectivity index (χ0) is 16.7. The summed E-state index contributed by atoms with van der Waals surface area (Å²) in [6.07, 6.45) is 1.77. The lowest BCUT2D eigenvalue weighted by Gasteiger charge is -2.05. The average molecular weight is 318 g/mol. The molecule has 24 heavy (non-hydrogen) atoms. The molecule has 2 heterocycles. The minimum Gasteiger partial charge on any atom is -0.436 e. The van der Waals surface area contributed by atoms with Crippen LogP contribution in [0.1, 0.15) is 25.5 Å². The maximum absolute atomic E-state index is 5.97. The molecule has 2 aromatic heterocycles. The highest BCUT2D eigenvalue weighted by atomic mass is 16.4. The van der Waals surface area contributed by atoms with Crippen molar-refractivity contribution in [3.63, 3.8) is 0 Å². The highest BCUT2D eigenvalue weighted by Gasteiger charge is 2.13. The summed E-state index contributed by atoms with van der Waals surface area (Å²) < 4.78 is 7.88. The Hall–Kier alpha value is -2.95. The maximum atomic E-state index is 5.97. The number of aromatic nitrogens is 4. The molecule has 120 valence electrons. The van der Waals surface area contributed by atoms with Gasteiger partial charge in [-0.2, -0.15) is 0 Å². The van der Waals surface area contributed by atoms with Gasteiger partial charge in [-0.25, -0.2) is 9.67 Å². The van der Waals surface area contributed by atoms with E-state index >= 15 is 0 Å². The molecule has 5 heteroatoms. The largest absolute Gasteiger partial charge is 0.436 e. The van der Waals surface area contributed by atoms with Gasteiger partial charge in [-0.1, -0.05) is 29.5 Å². The molecule has 0 spiro atoms. The van der Waals surface area contributed by atoms with Crippen LogP contribution in [0.5, 0.6) is 0 Å². The Morgan fingerprint density at radius 3 is 2.71 bits per heavy atom. The number of hydrogen-bond donors (Lipinski definition) is 0. The van der Waals surface area contributed by atoms with Crippen molar-refractivity contribution in [1.82, 2.24) is 20.0 Å². The molecule has 4 rings (SSSR count). The van der Waals surface area contributed by atoms with Crippen molar-refractivity contribution in [2.45, 2.75) is 26.8 Å². The van der Waals surface area contributed by atoms with E-state index in [2.05, 4.69) is 42.1 Å². The Kier molecular flexibility index (Phi) is 3.41. The summed E-state index contributed by atoms with van der Waals surface area (Å²) in [7, 11) is 0. The number of fused-ring (bicyclic) bond motifs is 1. The minimum atomic E-state index is 0.273. The van der Waals surface area contributed by atoms with E-state index in [1.165, 1.54) is 0 Å². The van der Waals surface area contributed by atoms with Gasteiger partial charge in [-0.3, -0.25) is 0 Å². The molecule has 4 aromatic rings. The molecule has 0 aliphatic rings. The van der Waals surface area contributed by atoms with Crippen molar-refractivity contribution in [2.75, 3.05) is 0 Å². The summed E-state index contributed by atoms with van der Waals surface area (Å²) in [5.41, 5.74) is 4.98. The van der Waals surface area contributed by atoms with Crippen molar-refractivity contribution in [1.29, 1.82) is 0 Å². The molecule has 0 aliphatic carbocycles. The van der Waals surface area contributed by atoms with Gasteiger partial charge in [0.15, 0.2) is 5.76 Å². The molecule has 0 saturated carbocycles. The average Bonchev–Trinajstić information content (AvgIpc) is 3.21. The fourth-order valence-electron chi connectivity index (χ4n) is 2.84. The van der Waals surface area contributed by atoms with E-state index < -0.39 is 0 Å². The second-order valence-corrected chi connectivity index (χ2v) is 6.18. The molecule has 2 aromatic carbocycles. The number of hydrogen-bond acceptors (Lipinski definition) is 4.